The first-order valence-corrected chi connectivity index (χ1v) is 2.76. The van der Waals surface area contributed by atoms with Gasteiger partial charge >= 0.3 is 0 Å². The molecule has 0 fully saturated rings. The van der Waals surface area contributed by atoms with Crippen molar-refractivity contribution in [2.45, 2.75) is 6.92 Å². The predicted molar refractivity (Wildman–Crippen MR) is 40.1 cm³/mol. The zero-order valence-corrected chi connectivity index (χ0v) is 5.74. The van der Waals surface area contributed by atoms with Gasteiger partial charge in [0.2, 0.25) is 5.78 Å². The monoisotopic (exact) mass is 139 g/mol. The smallest absolute Gasteiger partial charge is 0.206 e. The van der Waals surface area contributed by atoms with Crippen LogP contribution in [0.3, 0.4) is 0 Å². The van der Waals surface area contributed by atoms with Crippen molar-refractivity contribution in [1.82, 2.24) is 0 Å². The van der Waals surface area contributed by atoms with Crippen molar-refractivity contribution in [2.24, 2.45) is 4.99 Å². The SMILES string of the molecule is C=CC(=O)C(=CO)N=CC. The third-order valence-corrected chi connectivity index (χ3v) is 0.828. The van der Waals surface area contributed by atoms with Gasteiger partial charge in [0, 0.05) is 6.21 Å². The predicted octanol–water partition coefficient (Wildman–Crippen LogP) is 1.23. The highest BCUT2D eigenvalue weighted by molar-refractivity contribution is 6.03. The lowest BCUT2D eigenvalue weighted by molar-refractivity contribution is -0.111. The Hall–Kier alpha value is -1.38. The fourth-order valence-electron chi connectivity index (χ4n) is 0.404. The number of hydrogen-bond acceptors (Lipinski definition) is 3. The summed E-state index contributed by atoms with van der Waals surface area (Å²) in [6.07, 6.45) is 3.17. The van der Waals surface area contributed by atoms with Crippen LogP contribution >= 0.6 is 0 Å². The molecule has 0 rings (SSSR count). The fourth-order valence-corrected chi connectivity index (χ4v) is 0.404. The van der Waals surface area contributed by atoms with Gasteiger partial charge in [-0.05, 0) is 13.0 Å². The number of hydrogen-bond donors (Lipinski definition) is 1. The van der Waals surface area contributed by atoms with Crippen molar-refractivity contribution in [2.75, 3.05) is 0 Å². The van der Waals surface area contributed by atoms with Crippen LogP contribution in [0.4, 0.5) is 0 Å². The first-order chi connectivity index (χ1) is 4.76. The molecule has 0 aliphatic carbocycles. The lowest BCUT2D eigenvalue weighted by atomic mass is 10.3. The highest BCUT2D eigenvalue weighted by atomic mass is 16.2. The minimum Gasteiger partial charge on any atom is -0.513 e. The fraction of sp³-hybridized carbons (Fsp3) is 0.143. The second-order valence-corrected chi connectivity index (χ2v) is 1.47. The van der Waals surface area contributed by atoms with Gasteiger partial charge in [-0.2, -0.15) is 0 Å². The van der Waals surface area contributed by atoms with Crippen molar-refractivity contribution in [3.8, 4) is 0 Å². The second kappa shape index (κ2) is 4.49. The molecule has 54 valence electrons. The van der Waals surface area contributed by atoms with Gasteiger partial charge in [-0.15, -0.1) is 0 Å². The molecule has 0 aromatic rings. The van der Waals surface area contributed by atoms with E-state index in [2.05, 4.69) is 11.6 Å². The largest absolute Gasteiger partial charge is 0.513 e. The van der Waals surface area contributed by atoms with E-state index in [-0.39, 0.29) is 11.5 Å². The number of allylic oxidation sites excluding steroid dienone is 1. The summed E-state index contributed by atoms with van der Waals surface area (Å²) in [5.41, 5.74) is -0.00231. The zero-order valence-electron chi connectivity index (χ0n) is 5.74. The van der Waals surface area contributed by atoms with Crippen LogP contribution in [0.5, 0.6) is 0 Å². The zero-order chi connectivity index (χ0) is 7.98. The number of aliphatic imine (C=N–C) groups is 1. The Balaban J connectivity index is 4.37. The first kappa shape index (κ1) is 8.62. The number of aliphatic hydroxyl groups excluding tert-OH is 1. The van der Waals surface area contributed by atoms with Crippen molar-refractivity contribution < 1.29 is 9.90 Å². The molecule has 0 heterocycles. The molecule has 10 heavy (non-hydrogen) atoms. The highest BCUT2D eigenvalue weighted by Gasteiger charge is 2.00. The van der Waals surface area contributed by atoms with E-state index in [1.807, 2.05) is 0 Å². The van der Waals surface area contributed by atoms with Gasteiger partial charge in [0.25, 0.3) is 0 Å². The van der Waals surface area contributed by atoms with Crippen LogP contribution < -0.4 is 0 Å². The summed E-state index contributed by atoms with van der Waals surface area (Å²) in [4.78, 5) is 14.3. The molecular formula is C7H9NO2. The molecule has 0 aromatic carbocycles. The Morgan fingerprint density at radius 1 is 1.70 bits per heavy atom. The van der Waals surface area contributed by atoms with E-state index in [1.54, 1.807) is 6.92 Å². The Morgan fingerprint density at radius 3 is 2.60 bits per heavy atom. The molecule has 0 radical (unpaired) electrons. The number of aliphatic hydroxyl groups is 1. The topological polar surface area (TPSA) is 49.7 Å². The summed E-state index contributed by atoms with van der Waals surface area (Å²) in [5.74, 6) is -0.388. The second-order valence-electron chi connectivity index (χ2n) is 1.47. The van der Waals surface area contributed by atoms with Crippen molar-refractivity contribution >= 4 is 12.0 Å². The lowest BCUT2D eigenvalue weighted by Gasteiger charge is -1.89. The number of ketones is 1. The average molecular weight is 139 g/mol. The van der Waals surface area contributed by atoms with E-state index in [0.717, 1.165) is 6.08 Å². The minimum atomic E-state index is -0.388. The molecule has 3 nitrogen and oxygen atoms in total. The van der Waals surface area contributed by atoms with Crippen molar-refractivity contribution in [1.29, 1.82) is 0 Å². The Labute approximate surface area is 59.4 Å². The van der Waals surface area contributed by atoms with E-state index in [4.69, 9.17) is 5.11 Å². The molecule has 0 bridgehead atoms. The van der Waals surface area contributed by atoms with E-state index in [0.29, 0.717) is 6.26 Å². The van der Waals surface area contributed by atoms with Gasteiger partial charge in [-0.1, -0.05) is 6.58 Å². The van der Waals surface area contributed by atoms with E-state index >= 15 is 0 Å². The lowest BCUT2D eigenvalue weighted by Crippen LogP contribution is -1.94. The molecule has 0 aliphatic heterocycles. The Bertz CT molecular complexity index is 192. The number of carbonyl (C=O) groups excluding carboxylic acids is 1. The quantitative estimate of drug-likeness (QED) is 0.363. The molecule has 0 unspecified atom stereocenters. The van der Waals surface area contributed by atoms with Crippen molar-refractivity contribution in [3.05, 3.63) is 24.6 Å². The van der Waals surface area contributed by atoms with Crippen LogP contribution in [-0.4, -0.2) is 17.1 Å². The van der Waals surface area contributed by atoms with Gasteiger partial charge < -0.3 is 5.11 Å². The maximum absolute atomic E-state index is 10.7. The van der Waals surface area contributed by atoms with Gasteiger partial charge in [0.1, 0.15) is 12.0 Å². The maximum atomic E-state index is 10.7. The normalized spacial score (nSPS) is 11.9. The minimum absolute atomic E-state index is 0.00231. The molecule has 3 heteroatoms. The van der Waals surface area contributed by atoms with Gasteiger partial charge in [0.15, 0.2) is 0 Å². The number of rotatable bonds is 3. The van der Waals surface area contributed by atoms with E-state index < -0.39 is 0 Å². The molecule has 0 saturated carbocycles. The molecule has 0 aliphatic rings. The first-order valence-electron chi connectivity index (χ1n) is 2.76. The molecule has 0 saturated heterocycles. The van der Waals surface area contributed by atoms with Crippen LogP contribution in [0.15, 0.2) is 29.6 Å². The van der Waals surface area contributed by atoms with Gasteiger partial charge in [-0.25, -0.2) is 0 Å². The van der Waals surface area contributed by atoms with E-state index in [9.17, 15) is 4.79 Å². The van der Waals surface area contributed by atoms with Crippen LogP contribution in [0.25, 0.3) is 0 Å². The van der Waals surface area contributed by atoms with Crippen LogP contribution in [0.2, 0.25) is 0 Å². The molecule has 0 atom stereocenters. The molecule has 0 spiro atoms. The van der Waals surface area contributed by atoms with Gasteiger partial charge in [-0.3, -0.25) is 9.79 Å². The summed E-state index contributed by atoms with van der Waals surface area (Å²) in [7, 11) is 0. The molecule has 0 amide bonds. The van der Waals surface area contributed by atoms with Crippen LogP contribution in [-0.2, 0) is 4.79 Å². The highest BCUT2D eigenvalue weighted by Crippen LogP contribution is 1.96. The summed E-state index contributed by atoms with van der Waals surface area (Å²) < 4.78 is 0. The summed E-state index contributed by atoms with van der Waals surface area (Å²) in [6, 6.07) is 0. The van der Waals surface area contributed by atoms with Crippen LogP contribution in [0, 0.1) is 0 Å². The standard InChI is InChI=1S/C7H9NO2/c1-3-7(10)6(5-9)8-4-2/h3-5,9H,1H2,2H3. The summed E-state index contributed by atoms with van der Waals surface area (Å²) >= 11 is 0. The molecular weight excluding hydrogens is 130 g/mol. The Kier molecular flexibility index (Phi) is 3.87. The third-order valence-electron chi connectivity index (χ3n) is 0.828. The van der Waals surface area contributed by atoms with Crippen LogP contribution in [0.1, 0.15) is 6.92 Å². The van der Waals surface area contributed by atoms with Gasteiger partial charge in [0.05, 0.1) is 0 Å². The summed E-state index contributed by atoms with van der Waals surface area (Å²) in [6.45, 7) is 4.89. The molecule has 0 aromatic heterocycles. The molecule has 1 N–H and O–H groups in total. The average Bonchev–Trinajstić information content (AvgIpc) is 1.99. The summed E-state index contributed by atoms with van der Waals surface area (Å²) in [5, 5.41) is 8.41. The number of nitrogens with zero attached hydrogens (tertiary/aromatic N) is 1. The number of carbonyl (C=O) groups is 1. The van der Waals surface area contributed by atoms with Crippen molar-refractivity contribution in [3.63, 3.8) is 0 Å². The van der Waals surface area contributed by atoms with E-state index in [1.165, 1.54) is 6.21 Å². The third kappa shape index (κ3) is 2.26. The Morgan fingerprint density at radius 2 is 2.30 bits per heavy atom. The maximum Gasteiger partial charge on any atom is 0.206 e.